The van der Waals surface area contributed by atoms with Gasteiger partial charge in [-0.25, -0.2) is 0 Å². The molecule has 0 spiro atoms. The number of amides is 2. The second-order valence-electron chi connectivity index (χ2n) is 5.38. The Hall–Kier alpha value is -2.83. The molecule has 120 valence electrons. The molecule has 0 unspecified atom stereocenters. The Morgan fingerprint density at radius 3 is 3.04 bits per heavy atom. The largest absolute Gasteiger partial charge is 0.482 e. The Kier molecular flexibility index (Phi) is 4.27. The first-order valence-corrected chi connectivity index (χ1v) is 7.41. The number of anilines is 1. The van der Waals surface area contributed by atoms with Crippen LogP contribution in [0.2, 0.25) is 0 Å². The maximum Gasteiger partial charge on any atom is 0.258 e. The van der Waals surface area contributed by atoms with Crippen LogP contribution in [0.4, 0.5) is 5.69 Å². The SMILES string of the molecule is Cn1ccc(CNC(=O)COc2cccc3c2NC(=O)CC3)n1. The summed E-state index contributed by atoms with van der Waals surface area (Å²) in [7, 11) is 1.82. The lowest BCUT2D eigenvalue weighted by Gasteiger charge is -2.20. The summed E-state index contributed by atoms with van der Waals surface area (Å²) < 4.78 is 7.23. The van der Waals surface area contributed by atoms with Gasteiger partial charge in [-0.2, -0.15) is 5.10 Å². The fraction of sp³-hybridized carbons (Fsp3) is 0.312. The fourth-order valence-electron chi connectivity index (χ4n) is 2.44. The Balaban J connectivity index is 1.56. The maximum atomic E-state index is 11.9. The number of aryl methyl sites for hydroxylation is 2. The van der Waals surface area contributed by atoms with Crippen LogP contribution < -0.4 is 15.4 Å². The lowest BCUT2D eigenvalue weighted by molar-refractivity contribution is -0.123. The van der Waals surface area contributed by atoms with Gasteiger partial charge in [0.2, 0.25) is 5.91 Å². The van der Waals surface area contributed by atoms with Gasteiger partial charge in [-0.15, -0.1) is 0 Å². The normalized spacial score (nSPS) is 13.2. The van der Waals surface area contributed by atoms with E-state index in [0.717, 1.165) is 11.3 Å². The zero-order valence-electron chi connectivity index (χ0n) is 12.8. The van der Waals surface area contributed by atoms with Crippen molar-refractivity contribution in [2.45, 2.75) is 19.4 Å². The molecule has 0 atom stereocenters. The van der Waals surface area contributed by atoms with E-state index in [2.05, 4.69) is 15.7 Å². The zero-order valence-corrected chi connectivity index (χ0v) is 12.8. The summed E-state index contributed by atoms with van der Waals surface area (Å²) in [6, 6.07) is 7.39. The molecule has 0 saturated carbocycles. The highest BCUT2D eigenvalue weighted by molar-refractivity contribution is 5.95. The molecular weight excluding hydrogens is 296 g/mol. The molecule has 1 aromatic carbocycles. The summed E-state index contributed by atoms with van der Waals surface area (Å²) in [4.78, 5) is 23.4. The minimum atomic E-state index is -0.240. The lowest BCUT2D eigenvalue weighted by atomic mass is 10.0. The average Bonchev–Trinajstić information content (AvgIpc) is 2.96. The summed E-state index contributed by atoms with van der Waals surface area (Å²) in [6.45, 7) is 0.242. The molecule has 1 aliphatic rings. The third-order valence-electron chi connectivity index (χ3n) is 3.59. The van der Waals surface area contributed by atoms with Crippen molar-refractivity contribution >= 4 is 17.5 Å². The van der Waals surface area contributed by atoms with Crippen molar-refractivity contribution in [2.75, 3.05) is 11.9 Å². The molecule has 0 saturated heterocycles. The number of ether oxygens (including phenoxy) is 1. The van der Waals surface area contributed by atoms with E-state index in [1.54, 1.807) is 10.7 Å². The average molecular weight is 314 g/mol. The van der Waals surface area contributed by atoms with Gasteiger partial charge in [0.1, 0.15) is 5.75 Å². The standard InChI is InChI=1S/C16H18N4O3/c1-20-8-7-12(19-20)9-17-15(22)10-23-13-4-2-3-11-5-6-14(21)18-16(11)13/h2-4,7-8H,5-6,9-10H2,1H3,(H,17,22)(H,18,21). The van der Waals surface area contributed by atoms with Gasteiger partial charge in [0, 0.05) is 19.7 Å². The minimum absolute atomic E-state index is 0.0341. The Morgan fingerprint density at radius 2 is 2.26 bits per heavy atom. The van der Waals surface area contributed by atoms with Gasteiger partial charge in [-0.1, -0.05) is 12.1 Å². The lowest BCUT2D eigenvalue weighted by Crippen LogP contribution is -2.29. The van der Waals surface area contributed by atoms with Crippen LogP contribution >= 0.6 is 0 Å². The third-order valence-corrected chi connectivity index (χ3v) is 3.59. The quantitative estimate of drug-likeness (QED) is 0.862. The van der Waals surface area contributed by atoms with E-state index in [9.17, 15) is 9.59 Å². The second-order valence-corrected chi connectivity index (χ2v) is 5.38. The van der Waals surface area contributed by atoms with E-state index in [1.165, 1.54) is 0 Å². The Morgan fingerprint density at radius 1 is 1.39 bits per heavy atom. The number of hydrogen-bond acceptors (Lipinski definition) is 4. The predicted molar refractivity (Wildman–Crippen MR) is 83.9 cm³/mol. The maximum absolute atomic E-state index is 11.9. The van der Waals surface area contributed by atoms with Gasteiger partial charge in [0.05, 0.1) is 17.9 Å². The number of hydrogen-bond donors (Lipinski definition) is 2. The van der Waals surface area contributed by atoms with Crippen molar-refractivity contribution in [3.8, 4) is 5.75 Å². The summed E-state index contributed by atoms with van der Waals surface area (Å²) in [5.41, 5.74) is 2.47. The molecule has 7 heteroatoms. The molecule has 2 amide bonds. The molecule has 1 aliphatic heterocycles. The van der Waals surface area contributed by atoms with Gasteiger partial charge in [-0.05, 0) is 24.1 Å². The monoisotopic (exact) mass is 314 g/mol. The number of carbonyl (C=O) groups excluding carboxylic acids is 2. The van der Waals surface area contributed by atoms with Crippen LogP contribution in [0.5, 0.6) is 5.75 Å². The fourth-order valence-corrected chi connectivity index (χ4v) is 2.44. The number of carbonyl (C=O) groups is 2. The first-order valence-electron chi connectivity index (χ1n) is 7.41. The molecular formula is C16H18N4O3. The number of fused-ring (bicyclic) bond motifs is 1. The van der Waals surface area contributed by atoms with Crippen molar-refractivity contribution in [2.24, 2.45) is 7.05 Å². The van der Waals surface area contributed by atoms with Crippen molar-refractivity contribution < 1.29 is 14.3 Å². The highest BCUT2D eigenvalue weighted by Gasteiger charge is 2.18. The first kappa shape index (κ1) is 15.1. The van der Waals surface area contributed by atoms with E-state index in [1.807, 2.05) is 31.4 Å². The number of aromatic nitrogens is 2. The summed E-state index contributed by atoms with van der Waals surface area (Å²) in [5, 5.41) is 9.73. The van der Waals surface area contributed by atoms with Gasteiger partial charge in [0.25, 0.3) is 5.91 Å². The Labute approximate surface area is 133 Å². The van der Waals surface area contributed by atoms with Crippen LogP contribution in [0.3, 0.4) is 0 Å². The number of benzene rings is 1. The molecule has 2 N–H and O–H groups in total. The van der Waals surface area contributed by atoms with Crippen LogP contribution in [0, 0.1) is 0 Å². The molecule has 0 aliphatic carbocycles. The number of nitrogens with one attached hydrogen (secondary N) is 2. The van der Waals surface area contributed by atoms with Crippen LogP contribution in [0.25, 0.3) is 0 Å². The number of nitrogens with zero attached hydrogens (tertiary/aromatic N) is 2. The Bertz CT molecular complexity index is 739. The highest BCUT2D eigenvalue weighted by Crippen LogP contribution is 2.32. The first-order chi connectivity index (χ1) is 11.1. The summed E-state index contributed by atoms with van der Waals surface area (Å²) in [5.74, 6) is 0.243. The van der Waals surface area contributed by atoms with Crippen molar-refractivity contribution in [3.05, 3.63) is 41.7 Å². The van der Waals surface area contributed by atoms with Gasteiger partial charge in [0.15, 0.2) is 6.61 Å². The smallest absolute Gasteiger partial charge is 0.258 e. The van der Waals surface area contributed by atoms with Crippen LogP contribution in [-0.2, 0) is 29.6 Å². The van der Waals surface area contributed by atoms with E-state index < -0.39 is 0 Å². The van der Waals surface area contributed by atoms with Gasteiger partial charge < -0.3 is 15.4 Å². The highest BCUT2D eigenvalue weighted by atomic mass is 16.5. The number of rotatable bonds is 5. The molecule has 0 fully saturated rings. The second kappa shape index (κ2) is 6.51. The van der Waals surface area contributed by atoms with E-state index in [-0.39, 0.29) is 18.4 Å². The molecule has 2 heterocycles. The van der Waals surface area contributed by atoms with Crippen molar-refractivity contribution in [1.82, 2.24) is 15.1 Å². The van der Waals surface area contributed by atoms with Crippen molar-refractivity contribution in [1.29, 1.82) is 0 Å². The molecule has 0 bridgehead atoms. The topological polar surface area (TPSA) is 85.3 Å². The zero-order chi connectivity index (χ0) is 16.2. The van der Waals surface area contributed by atoms with Gasteiger partial charge >= 0.3 is 0 Å². The van der Waals surface area contributed by atoms with Crippen LogP contribution in [-0.4, -0.2) is 28.2 Å². The molecule has 2 aromatic rings. The van der Waals surface area contributed by atoms with E-state index in [4.69, 9.17) is 4.74 Å². The summed E-state index contributed by atoms with van der Waals surface area (Å²) >= 11 is 0. The molecule has 7 nitrogen and oxygen atoms in total. The molecule has 1 aromatic heterocycles. The number of para-hydroxylation sites is 1. The van der Waals surface area contributed by atoms with E-state index in [0.29, 0.717) is 30.8 Å². The van der Waals surface area contributed by atoms with Crippen LogP contribution in [0.15, 0.2) is 30.5 Å². The predicted octanol–water partition coefficient (Wildman–Crippen LogP) is 1.000. The summed E-state index contributed by atoms with van der Waals surface area (Å²) in [6.07, 6.45) is 2.97. The third kappa shape index (κ3) is 3.68. The van der Waals surface area contributed by atoms with Crippen LogP contribution in [0.1, 0.15) is 17.7 Å². The molecule has 3 rings (SSSR count). The van der Waals surface area contributed by atoms with Gasteiger partial charge in [-0.3, -0.25) is 14.3 Å². The van der Waals surface area contributed by atoms with E-state index >= 15 is 0 Å². The van der Waals surface area contributed by atoms with Crippen molar-refractivity contribution in [3.63, 3.8) is 0 Å². The minimum Gasteiger partial charge on any atom is -0.482 e. The molecule has 0 radical (unpaired) electrons. The molecule has 23 heavy (non-hydrogen) atoms.